The number of rotatable bonds is 45. The van der Waals surface area contributed by atoms with Gasteiger partial charge in [0.05, 0.1) is 11.0 Å². The Labute approximate surface area is 472 Å². The van der Waals surface area contributed by atoms with Crippen LogP contribution in [-0.2, 0) is 15.6 Å². The molecule has 0 spiro atoms. The summed E-state index contributed by atoms with van der Waals surface area (Å²) in [6.07, 6.45) is 51.2. The van der Waals surface area contributed by atoms with Crippen LogP contribution in [0.15, 0.2) is 77.2 Å². The number of allylic oxidation sites excluding steroid dienone is 5. The second kappa shape index (κ2) is 35.6. The van der Waals surface area contributed by atoms with Crippen LogP contribution in [0, 0.1) is 0 Å². The quantitative estimate of drug-likeness (QED) is 0.0406. The average Bonchev–Trinajstić information content (AvgIpc) is 3.99. The fourth-order valence-electron chi connectivity index (χ4n) is 13.6. The van der Waals surface area contributed by atoms with E-state index in [1.165, 1.54) is 171 Å². The zero-order valence-electron chi connectivity index (χ0n) is 50.5. The molecule has 2 unspecified atom stereocenters. The second-order valence-corrected chi connectivity index (χ2v) is 24.2. The third kappa shape index (κ3) is 18.0. The van der Waals surface area contributed by atoms with Crippen LogP contribution < -0.4 is 10.0 Å². The molecule has 0 fully saturated rings. The fraction of sp³-hybridized carbons (Fsp3) is 0.704. The van der Waals surface area contributed by atoms with Gasteiger partial charge >= 0.3 is 5.97 Å². The first kappa shape index (κ1) is 63.9. The van der Waals surface area contributed by atoms with E-state index in [2.05, 4.69) is 81.4 Å². The molecule has 0 bridgehead atoms. The van der Waals surface area contributed by atoms with Gasteiger partial charge in [-0.3, -0.25) is 4.79 Å². The van der Waals surface area contributed by atoms with Gasteiger partial charge in [-0.2, -0.15) is 4.58 Å². The number of unbranched alkanes of at least 4 members (excludes halogenated alkanes) is 30. The SMILES string of the molecule is CCCCCCCCCCC1(CCCCCCCC)C(=CC2=C([O-])C(=CC3=[N+](CCCCCC)c4ccccc4C3(CCCCCCCC)CCCCCCCCCC)C2=O)N(CCCCCC)c2ccc(C(=O)O)cc21. The standard InChI is InChI=1S/C71H112N2O4/c1-7-13-19-25-29-31-35-40-50-70(49-39-33-27-21-15-9-3)61-45-37-38-46-63(61)72(53-43-23-17-11-5)65(70)56-59-67(74)60(68(59)75)57-66-71(51-41-34-28-22-16-10-4,52-42-36-32-30-26-20-14-8-2)62-55-58(69(76)77)47-48-64(62)73(66)54-44-24-18-12-6/h37-38,45-48,55-57H,7-36,39-44,49-54H2,1-6H3,(H-,74,75,76,77). The Morgan fingerprint density at radius 3 is 1.42 bits per heavy atom. The molecule has 0 saturated carbocycles. The van der Waals surface area contributed by atoms with Gasteiger partial charge in [0.1, 0.15) is 6.54 Å². The van der Waals surface area contributed by atoms with Gasteiger partial charge < -0.3 is 15.1 Å². The molecule has 77 heavy (non-hydrogen) atoms. The van der Waals surface area contributed by atoms with Crippen molar-refractivity contribution in [3.05, 3.63) is 93.9 Å². The summed E-state index contributed by atoms with van der Waals surface area (Å²) in [7, 11) is 0. The lowest BCUT2D eigenvalue weighted by atomic mass is 9.68. The molecule has 1 aliphatic carbocycles. The van der Waals surface area contributed by atoms with Crippen molar-refractivity contribution < 1.29 is 24.4 Å². The highest BCUT2D eigenvalue weighted by Crippen LogP contribution is 2.55. The highest BCUT2D eigenvalue weighted by atomic mass is 16.4. The number of carboxylic acid groups (broad SMARTS) is 1. The minimum atomic E-state index is -0.908. The average molecular weight is 1060 g/mol. The number of anilines is 1. The van der Waals surface area contributed by atoms with Gasteiger partial charge in [-0.25, -0.2) is 4.79 Å². The number of carboxylic acids is 1. The van der Waals surface area contributed by atoms with E-state index in [1.54, 1.807) is 6.07 Å². The van der Waals surface area contributed by atoms with E-state index in [9.17, 15) is 9.90 Å². The van der Waals surface area contributed by atoms with Crippen LogP contribution >= 0.6 is 0 Å². The first-order chi connectivity index (χ1) is 37.7. The normalized spacial score (nSPS) is 19.1. The van der Waals surface area contributed by atoms with Crippen LogP contribution in [0.3, 0.4) is 0 Å². The largest absolute Gasteiger partial charge is 0.871 e. The Balaban J connectivity index is 1.66. The number of Topliss-reactive ketones (excluding diaryl/α,β-unsaturated/α-hetero) is 1. The number of aromatic carboxylic acids is 1. The van der Waals surface area contributed by atoms with E-state index in [0.717, 1.165) is 133 Å². The van der Waals surface area contributed by atoms with Crippen molar-refractivity contribution in [1.29, 1.82) is 0 Å². The van der Waals surface area contributed by atoms with Crippen molar-refractivity contribution in [2.24, 2.45) is 0 Å². The first-order valence-corrected chi connectivity index (χ1v) is 33.0. The maximum Gasteiger partial charge on any atom is 0.335 e. The monoisotopic (exact) mass is 1060 g/mol. The Bertz CT molecular complexity index is 2200. The molecule has 2 atom stereocenters. The van der Waals surface area contributed by atoms with Gasteiger partial charge in [-0.1, -0.05) is 277 Å². The molecule has 2 aromatic carbocycles. The molecule has 0 amide bonds. The summed E-state index contributed by atoms with van der Waals surface area (Å²) >= 11 is 0. The van der Waals surface area contributed by atoms with Crippen molar-refractivity contribution in [1.82, 2.24) is 0 Å². The van der Waals surface area contributed by atoms with E-state index in [0.29, 0.717) is 16.7 Å². The van der Waals surface area contributed by atoms with E-state index in [1.807, 2.05) is 18.2 Å². The van der Waals surface area contributed by atoms with Crippen molar-refractivity contribution >= 4 is 28.8 Å². The second-order valence-electron chi connectivity index (χ2n) is 24.2. The molecular weight excluding hydrogens is 945 g/mol. The number of nitrogens with zero attached hydrogens (tertiary/aromatic N) is 2. The number of benzene rings is 2. The number of carbonyl (C=O) groups is 2. The Kier molecular flexibility index (Phi) is 29.6. The van der Waals surface area contributed by atoms with Crippen molar-refractivity contribution in [3.63, 3.8) is 0 Å². The minimum absolute atomic E-state index is 0.119. The molecule has 2 aliphatic heterocycles. The topological polar surface area (TPSA) is 83.7 Å². The molecule has 2 heterocycles. The highest BCUT2D eigenvalue weighted by Gasteiger charge is 2.52. The van der Waals surface area contributed by atoms with Crippen LogP contribution in [0.5, 0.6) is 0 Å². The molecule has 5 rings (SSSR count). The van der Waals surface area contributed by atoms with Crippen LogP contribution in [0.1, 0.15) is 320 Å². The Morgan fingerprint density at radius 1 is 0.519 bits per heavy atom. The van der Waals surface area contributed by atoms with Gasteiger partial charge in [-0.05, 0) is 68.4 Å². The molecule has 6 heteroatoms. The number of carbonyl (C=O) groups excluding carboxylic acids is 1. The van der Waals surface area contributed by atoms with Crippen molar-refractivity contribution in [3.8, 4) is 0 Å². The van der Waals surface area contributed by atoms with Crippen molar-refractivity contribution in [2.75, 3.05) is 18.0 Å². The number of hydrogen-bond acceptors (Lipinski definition) is 4. The smallest absolute Gasteiger partial charge is 0.335 e. The molecule has 2 aromatic rings. The molecule has 0 radical (unpaired) electrons. The summed E-state index contributed by atoms with van der Waals surface area (Å²) in [5.74, 6) is -1.15. The van der Waals surface area contributed by atoms with Gasteiger partial charge in [0, 0.05) is 58.6 Å². The molecule has 0 saturated heterocycles. The molecule has 430 valence electrons. The maximum absolute atomic E-state index is 15.3. The number of ketones is 1. The van der Waals surface area contributed by atoms with Crippen LogP contribution in [-0.4, -0.2) is 40.2 Å². The third-order valence-corrected chi connectivity index (χ3v) is 18.2. The number of para-hydroxylation sites is 1. The van der Waals surface area contributed by atoms with E-state index < -0.39 is 11.4 Å². The van der Waals surface area contributed by atoms with E-state index >= 15 is 9.90 Å². The Hall–Kier alpha value is -3.93. The number of hydrogen-bond donors (Lipinski definition) is 1. The van der Waals surface area contributed by atoms with Gasteiger partial charge in [0.2, 0.25) is 5.69 Å². The first-order valence-electron chi connectivity index (χ1n) is 33.0. The predicted molar refractivity (Wildman–Crippen MR) is 327 cm³/mol. The highest BCUT2D eigenvalue weighted by molar-refractivity contribution is 6.24. The van der Waals surface area contributed by atoms with Gasteiger partial charge in [0.15, 0.2) is 11.5 Å². The lowest BCUT2D eigenvalue weighted by Crippen LogP contribution is -2.38. The van der Waals surface area contributed by atoms with Crippen LogP contribution in [0.4, 0.5) is 11.4 Å². The predicted octanol–water partition coefficient (Wildman–Crippen LogP) is 20.2. The van der Waals surface area contributed by atoms with E-state index in [4.69, 9.17) is 0 Å². The molecule has 6 nitrogen and oxygen atoms in total. The molecule has 0 aromatic heterocycles. The van der Waals surface area contributed by atoms with Crippen molar-refractivity contribution in [2.45, 2.75) is 309 Å². The number of fused-ring (bicyclic) bond motifs is 2. The molecule has 3 aliphatic rings. The third-order valence-electron chi connectivity index (χ3n) is 18.2. The molecular formula is C71H112N2O4. The van der Waals surface area contributed by atoms with E-state index in [-0.39, 0.29) is 17.0 Å². The van der Waals surface area contributed by atoms with Gasteiger partial charge in [-0.15, -0.1) is 0 Å². The Morgan fingerprint density at radius 2 is 0.948 bits per heavy atom. The zero-order chi connectivity index (χ0) is 55.1. The van der Waals surface area contributed by atoms with Crippen LogP contribution in [0.2, 0.25) is 0 Å². The van der Waals surface area contributed by atoms with Gasteiger partial charge in [0.25, 0.3) is 0 Å². The summed E-state index contributed by atoms with van der Waals surface area (Å²) < 4.78 is 2.55. The fourth-order valence-corrected chi connectivity index (χ4v) is 13.6. The summed E-state index contributed by atoms with van der Waals surface area (Å²) in [4.78, 5) is 30.6. The van der Waals surface area contributed by atoms with Crippen LogP contribution in [0.25, 0.3) is 0 Å². The minimum Gasteiger partial charge on any atom is -0.871 e. The summed E-state index contributed by atoms with van der Waals surface area (Å²) in [6, 6.07) is 14.9. The summed E-state index contributed by atoms with van der Waals surface area (Å²) in [5.41, 5.74) is 7.30. The lowest BCUT2D eigenvalue weighted by molar-refractivity contribution is -0.438. The summed E-state index contributed by atoms with van der Waals surface area (Å²) in [5, 5.41) is 25.8. The maximum atomic E-state index is 15.3. The lowest BCUT2D eigenvalue weighted by Gasteiger charge is -2.37. The zero-order valence-corrected chi connectivity index (χ0v) is 50.5. The molecule has 1 N–H and O–H groups in total. The summed E-state index contributed by atoms with van der Waals surface area (Å²) in [6.45, 7) is 15.3.